The van der Waals surface area contributed by atoms with E-state index in [1.165, 1.54) is 18.1 Å². The molecule has 1 unspecified atom stereocenters. The first-order valence-corrected chi connectivity index (χ1v) is 12.8. The number of esters is 1. The van der Waals surface area contributed by atoms with Crippen LogP contribution in [0.1, 0.15) is 124 Å². The maximum absolute atomic E-state index is 12.1. The van der Waals surface area contributed by atoms with Crippen molar-refractivity contribution in [1.82, 2.24) is 0 Å². The molecule has 0 amide bonds. The van der Waals surface area contributed by atoms with Gasteiger partial charge in [0.1, 0.15) is 6.10 Å². The van der Waals surface area contributed by atoms with Gasteiger partial charge in [0.2, 0.25) is 0 Å². The van der Waals surface area contributed by atoms with E-state index in [9.17, 15) is 14.7 Å². The lowest BCUT2D eigenvalue weighted by Crippen LogP contribution is -2.34. The Morgan fingerprint density at radius 1 is 0.971 bits per heavy atom. The average molecular weight is 477 g/mol. The zero-order valence-corrected chi connectivity index (χ0v) is 22.1. The van der Waals surface area contributed by atoms with E-state index < -0.39 is 5.97 Å². The van der Waals surface area contributed by atoms with Gasteiger partial charge in [-0.3, -0.25) is 4.79 Å². The molecule has 0 fully saturated rings. The highest BCUT2D eigenvalue weighted by atomic mass is 16.5. The first kappa shape index (κ1) is 26.7. The van der Waals surface area contributed by atoms with Gasteiger partial charge in [-0.15, -0.1) is 0 Å². The van der Waals surface area contributed by atoms with E-state index in [1.54, 1.807) is 12.1 Å². The number of carboxylic acids is 1. The van der Waals surface area contributed by atoms with E-state index in [1.807, 2.05) is 18.2 Å². The molecule has 188 valence electrons. The van der Waals surface area contributed by atoms with Crippen LogP contribution in [0.5, 0.6) is 0 Å². The third-order valence-corrected chi connectivity index (χ3v) is 7.39. The van der Waals surface area contributed by atoms with Gasteiger partial charge in [0, 0.05) is 6.92 Å². The van der Waals surface area contributed by atoms with Crippen molar-refractivity contribution in [1.29, 1.82) is 0 Å². The minimum Gasteiger partial charge on any atom is -0.478 e. The number of carboxylic acid groups (broad SMARTS) is 1. The summed E-state index contributed by atoms with van der Waals surface area (Å²) in [4.78, 5) is 23.3. The highest BCUT2D eigenvalue weighted by Crippen LogP contribution is 2.48. The number of benzene rings is 2. The van der Waals surface area contributed by atoms with E-state index in [2.05, 4.69) is 52.8 Å². The Morgan fingerprint density at radius 2 is 1.57 bits per heavy atom. The molecular formula is C31H40O4. The van der Waals surface area contributed by atoms with Crippen LogP contribution in [0.25, 0.3) is 12.2 Å². The van der Waals surface area contributed by atoms with Crippen molar-refractivity contribution in [2.75, 3.05) is 0 Å². The second-order valence-corrected chi connectivity index (χ2v) is 11.1. The lowest BCUT2D eigenvalue weighted by atomic mass is 9.62. The summed E-state index contributed by atoms with van der Waals surface area (Å²) in [6, 6.07) is 11.5. The number of carbonyl (C=O) groups is 2. The minimum absolute atomic E-state index is 0.0543. The Hall–Kier alpha value is -2.88. The molecule has 0 heterocycles. The Morgan fingerprint density at radius 3 is 2.11 bits per heavy atom. The quantitative estimate of drug-likeness (QED) is 0.226. The Balaban J connectivity index is 2.13. The maximum atomic E-state index is 12.1. The van der Waals surface area contributed by atoms with Gasteiger partial charge in [0.05, 0.1) is 5.56 Å². The summed E-state index contributed by atoms with van der Waals surface area (Å²) in [7, 11) is 0. The van der Waals surface area contributed by atoms with Crippen molar-refractivity contribution in [3.63, 3.8) is 0 Å². The van der Waals surface area contributed by atoms with E-state index in [0.29, 0.717) is 0 Å². The number of fused-ring (bicyclic) bond motifs is 1. The molecule has 0 spiro atoms. The maximum Gasteiger partial charge on any atom is 0.335 e. The second-order valence-electron chi connectivity index (χ2n) is 11.1. The average Bonchev–Trinajstić information content (AvgIpc) is 2.80. The van der Waals surface area contributed by atoms with E-state index in [0.717, 1.165) is 55.2 Å². The predicted octanol–water partition coefficient (Wildman–Crippen LogP) is 8.09. The highest BCUT2D eigenvalue weighted by molar-refractivity contribution is 5.88. The van der Waals surface area contributed by atoms with Crippen LogP contribution in [0, 0.1) is 0 Å². The van der Waals surface area contributed by atoms with Gasteiger partial charge in [-0.2, -0.15) is 0 Å². The van der Waals surface area contributed by atoms with E-state index in [4.69, 9.17) is 4.74 Å². The molecule has 1 aliphatic carbocycles. The third-order valence-electron chi connectivity index (χ3n) is 7.39. The SMILES string of the molecule is CCCCCC(OC(C)=O)c1cc2c(cc1C=Cc1ccc(C(=O)O)cc1)C(C)(C)CCC2(C)C. The van der Waals surface area contributed by atoms with Crippen LogP contribution in [0.15, 0.2) is 36.4 Å². The van der Waals surface area contributed by atoms with Crippen molar-refractivity contribution >= 4 is 24.1 Å². The van der Waals surface area contributed by atoms with Crippen molar-refractivity contribution in [3.05, 3.63) is 69.8 Å². The summed E-state index contributed by atoms with van der Waals surface area (Å²) in [5, 5.41) is 9.19. The number of aromatic carboxylic acids is 1. The molecule has 4 heteroatoms. The molecule has 3 rings (SSSR count). The standard InChI is InChI=1S/C31H40O4/c1-7-8-9-10-28(35-21(2)32)25-20-27-26(30(3,4)17-18-31(27,5)6)19-24(25)16-13-22-11-14-23(15-12-22)29(33)34/h11-16,19-20,28H,7-10,17-18H2,1-6H3,(H,33,34). The minimum atomic E-state index is -0.932. The molecular weight excluding hydrogens is 436 g/mol. The van der Waals surface area contributed by atoms with E-state index in [-0.39, 0.29) is 28.5 Å². The summed E-state index contributed by atoms with van der Waals surface area (Å²) in [5.41, 5.74) is 6.12. The van der Waals surface area contributed by atoms with Gasteiger partial charge in [-0.1, -0.05) is 83.9 Å². The number of rotatable bonds is 9. The lowest BCUT2D eigenvalue weighted by Gasteiger charge is -2.42. The number of ether oxygens (including phenoxy) is 1. The van der Waals surface area contributed by atoms with Gasteiger partial charge >= 0.3 is 11.9 Å². The van der Waals surface area contributed by atoms with Crippen LogP contribution in [0.3, 0.4) is 0 Å². The normalized spacial score (nSPS) is 17.1. The lowest BCUT2D eigenvalue weighted by molar-refractivity contribution is -0.147. The van der Waals surface area contributed by atoms with Gasteiger partial charge in [-0.25, -0.2) is 4.79 Å². The topological polar surface area (TPSA) is 63.6 Å². The zero-order chi connectivity index (χ0) is 25.8. The van der Waals surface area contributed by atoms with Gasteiger partial charge < -0.3 is 9.84 Å². The van der Waals surface area contributed by atoms with Crippen molar-refractivity contribution in [3.8, 4) is 0 Å². The summed E-state index contributed by atoms with van der Waals surface area (Å²) >= 11 is 0. The number of hydrogen-bond acceptors (Lipinski definition) is 3. The molecule has 0 saturated heterocycles. The van der Waals surface area contributed by atoms with Gasteiger partial charge in [0.15, 0.2) is 0 Å². The fourth-order valence-electron chi connectivity index (χ4n) is 5.05. The summed E-state index contributed by atoms with van der Waals surface area (Å²) in [6.07, 6.45) is 10.0. The smallest absolute Gasteiger partial charge is 0.335 e. The highest BCUT2D eigenvalue weighted by Gasteiger charge is 2.38. The molecule has 4 nitrogen and oxygen atoms in total. The molecule has 1 aliphatic rings. The second kappa shape index (κ2) is 10.8. The fourth-order valence-corrected chi connectivity index (χ4v) is 5.05. The van der Waals surface area contributed by atoms with Crippen LogP contribution in [0.2, 0.25) is 0 Å². The molecule has 0 radical (unpaired) electrons. The molecule has 0 saturated carbocycles. The molecule has 1 N–H and O–H groups in total. The number of unbranched alkanes of at least 4 members (excludes halogenated alkanes) is 2. The fraction of sp³-hybridized carbons (Fsp3) is 0.484. The summed E-state index contributed by atoms with van der Waals surface area (Å²) < 4.78 is 5.89. The Labute approximate surface area is 210 Å². The zero-order valence-electron chi connectivity index (χ0n) is 22.1. The van der Waals surface area contributed by atoms with Crippen LogP contribution in [0.4, 0.5) is 0 Å². The van der Waals surface area contributed by atoms with Crippen molar-refractivity contribution in [2.45, 2.75) is 97.0 Å². The Bertz CT molecular complexity index is 1090. The van der Waals surface area contributed by atoms with Crippen LogP contribution in [-0.4, -0.2) is 17.0 Å². The number of hydrogen-bond donors (Lipinski definition) is 1. The van der Waals surface area contributed by atoms with Crippen LogP contribution >= 0.6 is 0 Å². The molecule has 0 aliphatic heterocycles. The molecule has 0 bridgehead atoms. The summed E-state index contributed by atoms with van der Waals surface area (Å²) in [5.74, 6) is -1.19. The van der Waals surface area contributed by atoms with Gasteiger partial charge in [-0.05, 0) is 76.5 Å². The van der Waals surface area contributed by atoms with Crippen LogP contribution < -0.4 is 0 Å². The number of carbonyl (C=O) groups excluding carboxylic acids is 1. The molecule has 2 aromatic carbocycles. The first-order valence-electron chi connectivity index (χ1n) is 12.8. The predicted molar refractivity (Wildman–Crippen MR) is 143 cm³/mol. The van der Waals surface area contributed by atoms with Crippen molar-refractivity contribution in [2.24, 2.45) is 0 Å². The summed E-state index contributed by atoms with van der Waals surface area (Å²) in [6.45, 7) is 12.9. The van der Waals surface area contributed by atoms with Crippen molar-refractivity contribution < 1.29 is 19.4 Å². The molecule has 2 aromatic rings. The first-order chi connectivity index (χ1) is 16.4. The van der Waals surface area contributed by atoms with Crippen LogP contribution in [-0.2, 0) is 20.4 Å². The monoisotopic (exact) mass is 476 g/mol. The third kappa shape index (κ3) is 6.42. The largest absolute Gasteiger partial charge is 0.478 e. The molecule has 1 atom stereocenters. The molecule has 35 heavy (non-hydrogen) atoms. The Kier molecular flexibility index (Phi) is 8.25. The molecule has 0 aromatic heterocycles. The van der Waals surface area contributed by atoms with E-state index >= 15 is 0 Å². The van der Waals surface area contributed by atoms with Gasteiger partial charge in [0.25, 0.3) is 0 Å².